The summed E-state index contributed by atoms with van der Waals surface area (Å²) in [4.78, 5) is 11.9. The van der Waals surface area contributed by atoms with E-state index in [-0.39, 0.29) is 11.3 Å². The molecule has 120 valence electrons. The lowest BCUT2D eigenvalue weighted by molar-refractivity contribution is 0.0952. The average molecular weight is 379 g/mol. The minimum absolute atomic E-state index is 0.103. The molecule has 6 nitrogen and oxygen atoms in total. The van der Waals surface area contributed by atoms with E-state index in [1.54, 1.807) is 31.4 Å². The van der Waals surface area contributed by atoms with Crippen LogP contribution in [0.2, 0.25) is 0 Å². The molecule has 2 N–H and O–H groups in total. The van der Waals surface area contributed by atoms with Gasteiger partial charge in [-0.15, -0.1) is 0 Å². The summed E-state index contributed by atoms with van der Waals surface area (Å²) < 4.78 is 11.2. The molecule has 0 heterocycles. The van der Waals surface area contributed by atoms with Gasteiger partial charge < -0.3 is 14.6 Å². The Hall–Kier alpha value is -2.54. The van der Waals surface area contributed by atoms with Crippen LogP contribution in [-0.4, -0.2) is 31.4 Å². The van der Waals surface area contributed by atoms with Crippen LogP contribution in [0.15, 0.2) is 46.0 Å². The minimum atomic E-state index is -0.501. The quantitative estimate of drug-likeness (QED) is 0.619. The van der Waals surface area contributed by atoms with Crippen LogP contribution in [0.3, 0.4) is 0 Å². The smallest absolute Gasteiger partial charge is 0.275 e. The number of carbonyl (C=O) groups is 1. The molecule has 0 unspecified atom stereocenters. The number of hydrazone groups is 1. The van der Waals surface area contributed by atoms with Crippen LogP contribution in [0.25, 0.3) is 0 Å². The van der Waals surface area contributed by atoms with Gasteiger partial charge in [0.1, 0.15) is 5.75 Å². The number of hydrogen-bond acceptors (Lipinski definition) is 5. The van der Waals surface area contributed by atoms with Gasteiger partial charge in [-0.25, -0.2) is 5.43 Å². The van der Waals surface area contributed by atoms with E-state index in [1.807, 2.05) is 0 Å². The third-order valence-corrected chi connectivity index (χ3v) is 3.57. The van der Waals surface area contributed by atoms with Crippen LogP contribution in [0, 0.1) is 0 Å². The van der Waals surface area contributed by atoms with Crippen molar-refractivity contribution in [2.45, 2.75) is 0 Å². The normalized spacial score (nSPS) is 10.6. The van der Waals surface area contributed by atoms with Gasteiger partial charge in [-0.3, -0.25) is 4.79 Å². The molecule has 23 heavy (non-hydrogen) atoms. The van der Waals surface area contributed by atoms with Gasteiger partial charge in [0.05, 0.1) is 30.5 Å². The van der Waals surface area contributed by atoms with Crippen molar-refractivity contribution in [2.24, 2.45) is 5.10 Å². The second kappa shape index (κ2) is 7.64. The van der Waals surface area contributed by atoms with Crippen LogP contribution < -0.4 is 14.9 Å². The lowest BCUT2D eigenvalue weighted by Crippen LogP contribution is -2.17. The molecule has 0 fully saturated rings. The van der Waals surface area contributed by atoms with Crippen molar-refractivity contribution in [3.63, 3.8) is 0 Å². The number of ether oxygens (including phenoxy) is 2. The Labute approximate surface area is 141 Å². The molecule has 0 radical (unpaired) electrons. The highest BCUT2D eigenvalue weighted by Gasteiger charge is 2.10. The lowest BCUT2D eigenvalue weighted by Gasteiger charge is -2.10. The van der Waals surface area contributed by atoms with E-state index < -0.39 is 5.91 Å². The first-order chi connectivity index (χ1) is 11.1. The molecule has 2 rings (SSSR count). The summed E-state index contributed by atoms with van der Waals surface area (Å²) in [5.41, 5.74) is 3.21. The molecule has 2 aromatic rings. The first kappa shape index (κ1) is 16.8. The van der Waals surface area contributed by atoms with Gasteiger partial charge >= 0.3 is 0 Å². The highest BCUT2D eigenvalue weighted by atomic mass is 79.9. The third kappa shape index (κ3) is 4.01. The Morgan fingerprint density at radius 1 is 1.26 bits per heavy atom. The predicted molar refractivity (Wildman–Crippen MR) is 90.4 cm³/mol. The van der Waals surface area contributed by atoms with Gasteiger partial charge in [-0.05, 0) is 45.8 Å². The van der Waals surface area contributed by atoms with E-state index in [4.69, 9.17) is 9.47 Å². The van der Waals surface area contributed by atoms with E-state index in [0.29, 0.717) is 21.5 Å². The number of aromatic hydroxyl groups is 1. The summed E-state index contributed by atoms with van der Waals surface area (Å²) in [5.74, 6) is 0.506. The molecular formula is C16H15BrN2O4. The van der Waals surface area contributed by atoms with Crippen molar-refractivity contribution < 1.29 is 19.4 Å². The Balaban J connectivity index is 2.13. The number of phenolic OH excluding ortho intramolecular Hbond substituents is 1. The predicted octanol–water partition coefficient (Wildman–Crippen LogP) is 2.94. The second-order valence-corrected chi connectivity index (χ2v) is 5.31. The first-order valence-corrected chi connectivity index (χ1v) is 7.39. The van der Waals surface area contributed by atoms with E-state index in [9.17, 15) is 9.90 Å². The van der Waals surface area contributed by atoms with E-state index in [2.05, 4.69) is 26.5 Å². The number of amides is 1. The number of benzene rings is 2. The molecule has 0 bridgehead atoms. The van der Waals surface area contributed by atoms with Gasteiger partial charge in [0.15, 0.2) is 11.5 Å². The van der Waals surface area contributed by atoms with Gasteiger partial charge in [-0.2, -0.15) is 5.10 Å². The standard InChI is InChI=1S/C16H15BrN2O4/c1-22-14-8-10(7-12(17)15(14)23-2)9-18-19-16(21)11-5-3-4-6-13(11)20/h3-9,20H,1-2H3,(H,19,21). The van der Waals surface area contributed by atoms with Gasteiger partial charge in [0.2, 0.25) is 0 Å². The van der Waals surface area contributed by atoms with Crippen molar-refractivity contribution in [1.29, 1.82) is 0 Å². The monoisotopic (exact) mass is 378 g/mol. The molecule has 0 spiro atoms. The zero-order chi connectivity index (χ0) is 16.8. The van der Waals surface area contributed by atoms with E-state index in [1.165, 1.54) is 25.5 Å². The number of hydrogen-bond donors (Lipinski definition) is 2. The summed E-state index contributed by atoms with van der Waals surface area (Å²) in [7, 11) is 3.08. The van der Waals surface area contributed by atoms with Crippen molar-refractivity contribution in [2.75, 3.05) is 14.2 Å². The largest absolute Gasteiger partial charge is 0.507 e. The zero-order valence-corrected chi connectivity index (χ0v) is 14.1. The summed E-state index contributed by atoms with van der Waals surface area (Å²) in [6.45, 7) is 0. The number of rotatable bonds is 5. The summed E-state index contributed by atoms with van der Waals surface area (Å²) >= 11 is 3.38. The summed E-state index contributed by atoms with van der Waals surface area (Å²) in [6, 6.07) is 9.73. The third-order valence-electron chi connectivity index (χ3n) is 2.98. The average Bonchev–Trinajstić information content (AvgIpc) is 2.54. The fourth-order valence-corrected chi connectivity index (χ4v) is 2.53. The highest BCUT2D eigenvalue weighted by molar-refractivity contribution is 9.10. The van der Waals surface area contributed by atoms with Crippen LogP contribution in [0.5, 0.6) is 17.2 Å². The molecule has 0 aromatic heterocycles. The fourth-order valence-electron chi connectivity index (χ4n) is 1.90. The Bertz CT molecular complexity index is 747. The maximum atomic E-state index is 11.9. The van der Waals surface area contributed by atoms with Crippen LogP contribution in [0.4, 0.5) is 0 Å². The molecule has 0 aliphatic carbocycles. The number of para-hydroxylation sites is 1. The molecule has 0 saturated carbocycles. The number of halogens is 1. The molecule has 0 aliphatic rings. The lowest BCUT2D eigenvalue weighted by atomic mass is 10.2. The molecule has 0 aliphatic heterocycles. The number of phenols is 1. The topological polar surface area (TPSA) is 80.2 Å². The number of methoxy groups -OCH3 is 2. The molecule has 2 aromatic carbocycles. The second-order valence-electron chi connectivity index (χ2n) is 4.45. The van der Waals surface area contributed by atoms with Crippen molar-refractivity contribution in [3.8, 4) is 17.2 Å². The van der Waals surface area contributed by atoms with E-state index >= 15 is 0 Å². The van der Waals surface area contributed by atoms with E-state index in [0.717, 1.165) is 0 Å². The van der Waals surface area contributed by atoms with Crippen molar-refractivity contribution >= 4 is 28.1 Å². The Morgan fingerprint density at radius 2 is 2.00 bits per heavy atom. The minimum Gasteiger partial charge on any atom is -0.507 e. The molecule has 1 amide bonds. The van der Waals surface area contributed by atoms with Crippen molar-refractivity contribution in [3.05, 3.63) is 52.0 Å². The Morgan fingerprint density at radius 3 is 2.65 bits per heavy atom. The van der Waals surface area contributed by atoms with Gasteiger partial charge in [0.25, 0.3) is 5.91 Å². The SMILES string of the molecule is COc1cc(C=NNC(=O)c2ccccc2O)cc(Br)c1OC. The number of nitrogens with zero attached hydrogens (tertiary/aromatic N) is 1. The van der Waals surface area contributed by atoms with Crippen LogP contribution in [-0.2, 0) is 0 Å². The molecule has 0 atom stereocenters. The number of nitrogens with one attached hydrogen (secondary N) is 1. The zero-order valence-electron chi connectivity index (χ0n) is 12.5. The maximum absolute atomic E-state index is 11.9. The summed E-state index contributed by atoms with van der Waals surface area (Å²) in [6.07, 6.45) is 1.46. The van der Waals surface area contributed by atoms with Crippen molar-refractivity contribution in [1.82, 2.24) is 5.43 Å². The van der Waals surface area contributed by atoms with Crippen LogP contribution >= 0.6 is 15.9 Å². The first-order valence-electron chi connectivity index (χ1n) is 6.59. The molecular weight excluding hydrogens is 364 g/mol. The van der Waals surface area contributed by atoms with Crippen LogP contribution in [0.1, 0.15) is 15.9 Å². The van der Waals surface area contributed by atoms with Gasteiger partial charge in [-0.1, -0.05) is 12.1 Å². The molecule has 0 saturated heterocycles. The number of carbonyl (C=O) groups excluding carboxylic acids is 1. The summed E-state index contributed by atoms with van der Waals surface area (Å²) in [5, 5.41) is 13.5. The Kier molecular flexibility index (Phi) is 5.59. The molecule has 7 heteroatoms. The highest BCUT2D eigenvalue weighted by Crippen LogP contribution is 2.35. The maximum Gasteiger partial charge on any atom is 0.275 e. The fraction of sp³-hybridized carbons (Fsp3) is 0.125. The van der Waals surface area contributed by atoms with Gasteiger partial charge in [0, 0.05) is 0 Å².